The Balaban J connectivity index is 2.64. The van der Waals surface area contributed by atoms with Gasteiger partial charge in [0.15, 0.2) is 5.78 Å². The Bertz CT molecular complexity index is 325. The minimum atomic E-state index is 0.0657. The predicted octanol–water partition coefficient (Wildman–Crippen LogP) is 2.69. The molecule has 0 unspecified atom stereocenters. The van der Waals surface area contributed by atoms with Crippen molar-refractivity contribution in [2.45, 2.75) is 20.8 Å². The van der Waals surface area contributed by atoms with Crippen LogP contribution in [-0.4, -0.2) is 10.8 Å². The van der Waals surface area contributed by atoms with E-state index in [9.17, 15) is 4.79 Å². The predicted molar refractivity (Wildman–Crippen MR) is 55.7 cm³/mol. The van der Waals surface area contributed by atoms with E-state index in [1.165, 1.54) is 0 Å². The summed E-state index contributed by atoms with van der Waals surface area (Å²) in [5.41, 5.74) is 0.872. The molecule has 0 amide bonds. The van der Waals surface area contributed by atoms with Gasteiger partial charge in [0.05, 0.1) is 10.7 Å². The fourth-order valence-electron chi connectivity index (χ4n) is 0.817. The first-order valence-electron chi connectivity index (χ1n) is 4.23. The van der Waals surface area contributed by atoms with Crippen LogP contribution in [0, 0.1) is 12.8 Å². The molecule has 0 saturated carbocycles. The lowest BCUT2D eigenvalue weighted by Gasteiger charge is -1.94. The molecule has 0 aliphatic carbocycles. The second kappa shape index (κ2) is 4.33. The van der Waals surface area contributed by atoms with Crippen molar-refractivity contribution in [2.24, 2.45) is 5.92 Å². The molecular weight excluding hydrogens is 182 g/mol. The molecule has 2 nitrogen and oxygen atoms in total. The smallest absolute Gasteiger partial charge is 0.158 e. The highest BCUT2D eigenvalue weighted by molar-refractivity contribution is 7.09. The fraction of sp³-hybridized carbons (Fsp3) is 0.400. The molecule has 1 rings (SSSR count). The van der Waals surface area contributed by atoms with Crippen molar-refractivity contribution in [1.29, 1.82) is 0 Å². The number of hydrogen-bond donors (Lipinski definition) is 0. The van der Waals surface area contributed by atoms with Crippen LogP contribution in [0.1, 0.15) is 24.5 Å². The normalized spacial score (nSPS) is 11.4. The Kier molecular flexibility index (Phi) is 3.37. The highest BCUT2D eigenvalue weighted by atomic mass is 32.1. The van der Waals surface area contributed by atoms with Crippen LogP contribution in [-0.2, 0) is 4.79 Å². The molecule has 0 aromatic carbocycles. The van der Waals surface area contributed by atoms with Crippen LogP contribution in [0.3, 0.4) is 0 Å². The first-order chi connectivity index (χ1) is 6.09. The lowest BCUT2D eigenvalue weighted by atomic mass is 10.1. The van der Waals surface area contributed by atoms with Crippen molar-refractivity contribution in [3.63, 3.8) is 0 Å². The van der Waals surface area contributed by atoms with E-state index in [0.717, 1.165) is 10.7 Å². The summed E-state index contributed by atoms with van der Waals surface area (Å²) < 4.78 is 0. The summed E-state index contributed by atoms with van der Waals surface area (Å²) in [6.07, 6.45) is 3.37. The quantitative estimate of drug-likeness (QED) is 0.694. The third-order valence-corrected chi connectivity index (χ3v) is 2.42. The van der Waals surface area contributed by atoms with Crippen LogP contribution < -0.4 is 0 Å². The number of carbonyl (C=O) groups excluding carboxylic acids is 1. The Morgan fingerprint density at radius 3 is 2.77 bits per heavy atom. The third-order valence-electron chi connectivity index (χ3n) is 1.62. The fourth-order valence-corrected chi connectivity index (χ4v) is 1.40. The van der Waals surface area contributed by atoms with Crippen LogP contribution >= 0.6 is 11.3 Å². The van der Waals surface area contributed by atoms with Gasteiger partial charge in [-0.2, -0.15) is 0 Å². The van der Waals surface area contributed by atoms with Gasteiger partial charge < -0.3 is 0 Å². The number of nitrogens with zero attached hydrogens (tertiary/aromatic N) is 1. The average Bonchev–Trinajstić information content (AvgIpc) is 2.47. The summed E-state index contributed by atoms with van der Waals surface area (Å²) in [5.74, 6) is 0.210. The Morgan fingerprint density at radius 1 is 1.62 bits per heavy atom. The number of aryl methyl sites for hydroxylation is 1. The zero-order chi connectivity index (χ0) is 9.84. The summed E-state index contributed by atoms with van der Waals surface area (Å²) in [4.78, 5) is 15.4. The van der Waals surface area contributed by atoms with Crippen LogP contribution in [0.5, 0.6) is 0 Å². The van der Waals surface area contributed by atoms with Crippen molar-refractivity contribution >= 4 is 23.2 Å². The molecule has 0 aliphatic heterocycles. The van der Waals surface area contributed by atoms with Crippen molar-refractivity contribution in [2.75, 3.05) is 0 Å². The van der Waals surface area contributed by atoms with E-state index in [1.54, 1.807) is 23.5 Å². The maximum absolute atomic E-state index is 11.2. The largest absolute Gasteiger partial charge is 0.295 e. The minimum absolute atomic E-state index is 0.0657. The topological polar surface area (TPSA) is 30.0 Å². The SMILES string of the molecule is Cc1nc(/C=C/C(=O)C(C)C)cs1. The van der Waals surface area contributed by atoms with Gasteiger partial charge >= 0.3 is 0 Å². The first kappa shape index (κ1) is 10.1. The lowest BCUT2D eigenvalue weighted by Crippen LogP contribution is -2.01. The zero-order valence-electron chi connectivity index (χ0n) is 8.07. The number of thiazole rings is 1. The number of ketones is 1. The zero-order valence-corrected chi connectivity index (χ0v) is 8.89. The summed E-state index contributed by atoms with van der Waals surface area (Å²) in [7, 11) is 0. The van der Waals surface area contributed by atoms with Crippen molar-refractivity contribution in [3.05, 3.63) is 22.2 Å². The van der Waals surface area contributed by atoms with E-state index in [2.05, 4.69) is 4.98 Å². The Labute approximate surface area is 82.3 Å². The van der Waals surface area contributed by atoms with Crippen molar-refractivity contribution < 1.29 is 4.79 Å². The average molecular weight is 195 g/mol. The second-order valence-corrected chi connectivity index (χ2v) is 4.24. The number of rotatable bonds is 3. The highest BCUT2D eigenvalue weighted by Crippen LogP contribution is 2.09. The van der Waals surface area contributed by atoms with Gasteiger partial charge in [-0.1, -0.05) is 13.8 Å². The van der Waals surface area contributed by atoms with Gasteiger partial charge in [0.25, 0.3) is 0 Å². The van der Waals surface area contributed by atoms with E-state index in [4.69, 9.17) is 0 Å². The van der Waals surface area contributed by atoms with E-state index in [0.29, 0.717) is 0 Å². The molecular formula is C10H13NOS. The Hall–Kier alpha value is -0.960. The summed E-state index contributed by atoms with van der Waals surface area (Å²) in [5, 5.41) is 2.97. The van der Waals surface area contributed by atoms with Gasteiger partial charge in [0.1, 0.15) is 0 Å². The molecule has 0 atom stereocenters. The molecule has 0 spiro atoms. The van der Waals surface area contributed by atoms with Gasteiger partial charge in [0, 0.05) is 11.3 Å². The molecule has 13 heavy (non-hydrogen) atoms. The maximum Gasteiger partial charge on any atom is 0.158 e. The molecule has 0 radical (unpaired) electrons. The highest BCUT2D eigenvalue weighted by Gasteiger charge is 2.01. The number of allylic oxidation sites excluding steroid dienone is 1. The van der Waals surface area contributed by atoms with Crippen LogP contribution in [0.15, 0.2) is 11.5 Å². The minimum Gasteiger partial charge on any atom is -0.295 e. The van der Waals surface area contributed by atoms with E-state index in [-0.39, 0.29) is 11.7 Å². The maximum atomic E-state index is 11.2. The van der Waals surface area contributed by atoms with Gasteiger partial charge in [-0.15, -0.1) is 11.3 Å². The van der Waals surface area contributed by atoms with Gasteiger partial charge in [0.2, 0.25) is 0 Å². The van der Waals surface area contributed by atoms with Crippen LogP contribution in [0.25, 0.3) is 6.08 Å². The summed E-state index contributed by atoms with van der Waals surface area (Å²) >= 11 is 1.59. The number of aromatic nitrogens is 1. The molecule has 70 valence electrons. The molecule has 0 bridgehead atoms. The molecule has 3 heteroatoms. The van der Waals surface area contributed by atoms with E-state index >= 15 is 0 Å². The number of hydrogen-bond acceptors (Lipinski definition) is 3. The van der Waals surface area contributed by atoms with Gasteiger partial charge in [-0.3, -0.25) is 4.79 Å². The van der Waals surface area contributed by atoms with E-state index < -0.39 is 0 Å². The van der Waals surface area contributed by atoms with Gasteiger partial charge in [-0.05, 0) is 19.1 Å². The second-order valence-electron chi connectivity index (χ2n) is 3.18. The van der Waals surface area contributed by atoms with Crippen LogP contribution in [0.4, 0.5) is 0 Å². The first-order valence-corrected chi connectivity index (χ1v) is 5.11. The molecule has 1 heterocycles. The van der Waals surface area contributed by atoms with Crippen molar-refractivity contribution in [3.8, 4) is 0 Å². The molecule has 1 aromatic heterocycles. The number of carbonyl (C=O) groups is 1. The monoisotopic (exact) mass is 195 g/mol. The summed E-state index contributed by atoms with van der Waals surface area (Å²) in [6, 6.07) is 0. The molecule has 0 fully saturated rings. The molecule has 0 N–H and O–H groups in total. The van der Waals surface area contributed by atoms with Crippen LogP contribution in [0.2, 0.25) is 0 Å². The molecule has 0 saturated heterocycles. The lowest BCUT2D eigenvalue weighted by molar-refractivity contribution is -0.117. The Morgan fingerprint density at radius 2 is 2.31 bits per heavy atom. The standard InChI is InChI=1S/C10H13NOS/c1-7(2)10(12)5-4-9-6-13-8(3)11-9/h4-7H,1-3H3/b5-4+. The van der Waals surface area contributed by atoms with Gasteiger partial charge in [-0.25, -0.2) is 4.98 Å². The third kappa shape index (κ3) is 3.11. The van der Waals surface area contributed by atoms with Crippen molar-refractivity contribution in [1.82, 2.24) is 4.98 Å². The van der Waals surface area contributed by atoms with E-state index in [1.807, 2.05) is 26.2 Å². The summed E-state index contributed by atoms with van der Waals surface area (Å²) in [6.45, 7) is 5.73. The molecule has 1 aromatic rings. The molecule has 0 aliphatic rings.